The summed E-state index contributed by atoms with van der Waals surface area (Å²) < 4.78 is 5.31. The first-order chi connectivity index (χ1) is 8.29. The second-order valence-corrected chi connectivity index (χ2v) is 4.71. The van der Waals surface area contributed by atoms with Crippen LogP contribution in [0.15, 0.2) is 18.2 Å². The molecule has 0 heterocycles. The zero-order valence-electron chi connectivity index (χ0n) is 10.8. The lowest BCUT2D eigenvalue weighted by molar-refractivity contribution is 0.411. The average molecular weight is 234 g/mol. The average Bonchev–Trinajstić information content (AvgIpc) is 3.15. The van der Waals surface area contributed by atoms with Crippen molar-refractivity contribution in [3.63, 3.8) is 0 Å². The maximum atomic E-state index is 5.31. The Bertz CT molecular complexity index is 361. The van der Waals surface area contributed by atoms with Gasteiger partial charge in [0, 0.05) is 25.7 Å². The number of benzene rings is 1. The summed E-state index contributed by atoms with van der Waals surface area (Å²) in [6.45, 7) is 5.05. The van der Waals surface area contributed by atoms with E-state index < -0.39 is 0 Å². The highest BCUT2D eigenvalue weighted by Gasteiger charge is 2.19. The van der Waals surface area contributed by atoms with E-state index in [0.29, 0.717) is 0 Å². The minimum atomic E-state index is 0.802. The van der Waals surface area contributed by atoms with Crippen LogP contribution < -0.4 is 15.4 Å². The third-order valence-electron chi connectivity index (χ3n) is 3.11. The monoisotopic (exact) mass is 234 g/mol. The van der Waals surface area contributed by atoms with E-state index in [0.717, 1.165) is 31.4 Å². The first kappa shape index (κ1) is 12.4. The fraction of sp³-hybridized carbons (Fsp3) is 0.571. The molecule has 17 heavy (non-hydrogen) atoms. The highest BCUT2D eigenvalue weighted by molar-refractivity contribution is 5.36. The Morgan fingerprint density at radius 1 is 1.29 bits per heavy atom. The predicted octanol–water partition coefficient (Wildman–Crippen LogP) is 1.85. The summed E-state index contributed by atoms with van der Waals surface area (Å²) in [5, 5.41) is 6.92. The van der Waals surface area contributed by atoms with Crippen molar-refractivity contribution in [3.05, 3.63) is 29.3 Å². The minimum Gasteiger partial charge on any atom is -0.496 e. The van der Waals surface area contributed by atoms with E-state index in [4.69, 9.17) is 4.74 Å². The van der Waals surface area contributed by atoms with Crippen LogP contribution >= 0.6 is 0 Å². The van der Waals surface area contributed by atoms with Gasteiger partial charge in [-0.25, -0.2) is 0 Å². The molecule has 0 aromatic heterocycles. The molecule has 1 aromatic rings. The summed E-state index contributed by atoms with van der Waals surface area (Å²) >= 11 is 0. The normalized spacial score (nSPS) is 14.9. The molecular weight excluding hydrogens is 212 g/mol. The fourth-order valence-corrected chi connectivity index (χ4v) is 1.86. The minimum absolute atomic E-state index is 0.802. The molecule has 0 atom stereocenters. The Morgan fingerprint density at radius 2 is 2.12 bits per heavy atom. The van der Waals surface area contributed by atoms with Crippen molar-refractivity contribution >= 4 is 0 Å². The Hall–Kier alpha value is -1.06. The summed E-state index contributed by atoms with van der Waals surface area (Å²) in [4.78, 5) is 0. The van der Waals surface area contributed by atoms with Gasteiger partial charge in [-0.15, -0.1) is 0 Å². The maximum absolute atomic E-state index is 5.31. The van der Waals surface area contributed by atoms with Crippen LogP contribution in [0.1, 0.15) is 24.0 Å². The van der Waals surface area contributed by atoms with Gasteiger partial charge in [-0.2, -0.15) is 0 Å². The standard InChI is InChI=1S/C14H22N2O/c1-11-3-4-12(9-14(11)17-2)10-15-7-8-16-13-5-6-13/h3-4,9,13,15-16H,5-8,10H2,1-2H3. The first-order valence-electron chi connectivity index (χ1n) is 6.37. The zero-order chi connectivity index (χ0) is 12.1. The van der Waals surface area contributed by atoms with Gasteiger partial charge in [-0.1, -0.05) is 12.1 Å². The molecule has 1 fully saturated rings. The van der Waals surface area contributed by atoms with Crippen molar-refractivity contribution in [1.82, 2.24) is 10.6 Å². The van der Waals surface area contributed by atoms with Crippen LogP contribution in [0.5, 0.6) is 5.75 Å². The number of ether oxygens (including phenoxy) is 1. The molecule has 0 amide bonds. The van der Waals surface area contributed by atoms with E-state index in [1.807, 2.05) is 0 Å². The molecule has 0 unspecified atom stereocenters. The van der Waals surface area contributed by atoms with Crippen molar-refractivity contribution in [3.8, 4) is 5.75 Å². The molecule has 1 saturated carbocycles. The maximum Gasteiger partial charge on any atom is 0.122 e. The molecule has 0 radical (unpaired) electrons. The highest BCUT2D eigenvalue weighted by Crippen LogP contribution is 2.19. The van der Waals surface area contributed by atoms with Gasteiger partial charge in [0.2, 0.25) is 0 Å². The van der Waals surface area contributed by atoms with Crippen LogP contribution in [0.2, 0.25) is 0 Å². The van der Waals surface area contributed by atoms with Crippen molar-refractivity contribution in [2.24, 2.45) is 0 Å². The number of hydrogen-bond donors (Lipinski definition) is 2. The summed E-state index contributed by atoms with van der Waals surface area (Å²) in [6, 6.07) is 7.17. The topological polar surface area (TPSA) is 33.3 Å². The molecule has 0 bridgehead atoms. The van der Waals surface area contributed by atoms with Crippen LogP contribution in [-0.4, -0.2) is 26.2 Å². The van der Waals surface area contributed by atoms with Gasteiger partial charge in [0.15, 0.2) is 0 Å². The SMILES string of the molecule is COc1cc(CNCCNC2CC2)ccc1C. The molecule has 3 nitrogen and oxygen atoms in total. The molecule has 94 valence electrons. The van der Waals surface area contributed by atoms with Gasteiger partial charge >= 0.3 is 0 Å². The van der Waals surface area contributed by atoms with Crippen LogP contribution in [0.25, 0.3) is 0 Å². The lowest BCUT2D eigenvalue weighted by Gasteiger charge is -2.09. The fourth-order valence-electron chi connectivity index (χ4n) is 1.86. The highest BCUT2D eigenvalue weighted by atomic mass is 16.5. The lowest BCUT2D eigenvalue weighted by Crippen LogP contribution is -2.28. The number of rotatable bonds is 7. The van der Waals surface area contributed by atoms with Gasteiger partial charge in [-0.05, 0) is 37.0 Å². The molecule has 0 aliphatic heterocycles. The predicted molar refractivity (Wildman–Crippen MR) is 70.5 cm³/mol. The molecule has 1 aromatic carbocycles. The molecule has 2 N–H and O–H groups in total. The Labute approximate surface area is 104 Å². The number of hydrogen-bond acceptors (Lipinski definition) is 3. The largest absolute Gasteiger partial charge is 0.496 e. The van der Waals surface area contributed by atoms with Gasteiger partial charge in [0.1, 0.15) is 5.75 Å². The Balaban J connectivity index is 1.70. The van der Waals surface area contributed by atoms with Crippen LogP contribution in [-0.2, 0) is 6.54 Å². The van der Waals surface area contributed by atoms with Crippen molar-refractivity contribution in [2.45, 2.75) is 32.4 Å². The summed E-state index contributed by atoms with van der Waals surface area (Å²) in [6.07, 6.45) is 2.71. The molecule has 3 heteroatoms. The van der Waals surface area contributed by atoms with E-state index in [1.165, 1.54) is 24.0 Å². The summed E-state index contributed by atoms with van der Waals surface area (Å²) in [5.41, 5.74) is 2.46. The van der Waals surface area contributed by atoms with Crippen LogP contribution in [0.4, 0.5) is 0 Å². The van der Waals surface area contributed by atoms with Gasteiger partial charge < -0.3 is 15.4 Å². The van der Waals surface area contributed by atoms with E-state index in [9.17, 15) is 0 Å². The second-order valence-electron chi connectivity index (χ2n) is 4.71. The van der Waals surface area contributed by atoms with E-state index in [1.54, 1.807) is 7.11 Å². The third kappa shape index (κ3) is 4.02. The molecule has 1 aliphatic carbocycles. The summed E-state index contributed by atoms with van der Waals surface area (Å²) in [5.74, 6) is 0.973. The molecule has 1 aliphatic rings. The van der Waals surface area contributed by atoms with Crippen molar-refractivity contribution in [2.75, 3.05) is 20.2 Å². The van der Waals surface area contributed by atoms with Crippen molar-refractivity contribution < 1.29 is 4.74 Å². The second kappa shape index (κ2) is 6.03. The Morgan fingerprint density at radius 3 is 2.82 bits per heavy atom. The van der Waals surface area contributed by atoms with Crippen LogP contribution in [0, 0.1) is 6.92 Å². The molecule has 0 spiro atoms. The third-order valence-corrected chi connectivity index (χ3v) is 3.11. The molecule has 2 rings (SSSR count). The van der Waals surface area contributed by atoms with Crippen molar-refractivity contribution in [1.29, 1.82) is 0 Å². The quantitative estimate of drug-likeness (QED) is 0.706. The number of aryl methyl sites for hydroxylation is 1. The van der Waals surface area contributed by atoms with E-state index in [2.05, 4.69) is 35.8 Å². The van der Waals surface area contributed by atoms with Gasteiger partial charge in [0.25, 0.3) is 0 Å². The lowest BCUT2D eigenvalue weighted by atomic mass is 10.1. The smallest absolute Gasteiger partial charge is 0.122 e. The first-order valence-corrected chi connectivity index (χ1v) is 6.37. The number of methoxy groups -OCH3 is 1. The summed E-state index contributed by atoms with van der Waals surface area (Å²) in [7, 11) is 1.72. The zero-order valence-corrected chi connectivity index (χ0v) is 10.8. The Kier molecular flexibility index (Phi) is 4.40. The van der Waals surface area contributed by atoms with Crippen LogP contribution in [0.3, 0.4) is 0 Å². The van der Waals surface area contributed by atoms with E-state index in [-0.39, 0.29) is 0 Å². The molecular formula is C14H22N2O. The van der Waals surface area contributed by atoms with E-state index >= 15 is 0 Å². The van der Waals surface area contributed by atoms with Gasteiger partial charge in [0.05, 0.1) is 7.11 Å². The number of nitrogens with one attached hydrogen (secondary N) is 2. The van der Waals surface area contributed by atoms with Gasteiger partial charge in [-0.3, -0.25) is 0 Å². The molecule has 0 saturated heterocycles.